The molecule has 3 rings (SSSR count). The molecule has 0 fully saturated rings. The van der Waals surface area contributed by atoms with Gasteiger partial charge in [-0.25, -0.2) is 0 Å². The summed E-state index contributed by atoms with van der Waals surface area (Å²) in [5, 5.41) is 1.18. The first-order chi connectivity index (χ1) is 7.38. The average molecular weight is 198 g/mol. The SMILES string of the molecule is O=CC1C=Cc2[nH]c3cnccc3c2C1. The zero-order valence-electron chi connectivity index (χ0n) is 8.10. The molecule has 1 unspecified atom stereocenters. The summed E-state index contributed by atoms with van der Waals surface area (Å²) in [6.07, 6.45) is 9.32. The van der Waals surface area contributed by atoms with Crippen LogP contribution in [0.25, 0.3) is 17.0 Å². The van der Waals surface area contributed by atoms with Crippen molar-refractivity contribution < 1.29 is 4.79 Å². The Kier molecular flexibility index (Phi) is 1.71. The molecule has 0 spiro atoms. The van der Waals surface area contributed by atoms with Gasteiger partial charge < -0.3 is 9.78 Å². The third-order valence-electron chi connectivity index (χ3n) is 2.87. The van der Waals surface area contributed by atoms with Crippen LogP contribution >= 0.6 is 0 Å². The molecule has 3 heteroatoms. The van der Waals surface area contributed by atoms with Gasteiger partial charge in [0.05, 0.1) is 11.7 Å². The Bertz CT molecular complexity index is 554. The first-order valence-corrected chi connectivity index (χ1v) is 4.96. The number of rotatable bonds is 1. The lowest BCUT2D eigenvalue weighted by Gasteiger charge is -2.10. The number of H-pyrrole nitrogens is 1. The second-order valence-electron chi connectivity index (χ2n) is 3.80. The normalized spacial score (nSPS) is 19.1. The molecule has 74 valence electrons. The number of nitrogens with zero attached hydrogens (tertiary/aromatic N) is 1. The molecule has 0 saturated heterocycles. The highest BCUT2D eigenvalue weighted by Gasteiger charge is 2.17. The summed E-state index contributed by atoms with van der Waals surface area (Å²) in [5.74, 6) is 0.0182. The molecule has 15 heavy (non-hydrogen) atoms. The Hall–Kier alpha value is -1.90. The van der Waals surface area contributed by atoms with E-state index < -0.39 is 0 Å². The molecule has 2 heterocycles. The Labute approximate surface area is 86.8 Å². The standard InChI is InChI=1S/C12H10N2O/c15-7-8-1-2-11-10(5-8)9-3-4-13-6-12(9)14-11/h1-4,6-8,14H,5H2. The zero-order valence-corrected chi connectivity index (χ0v) is 8.10. The molecular weight excluding hydrogens is 188 g/mol. The van der Waals surface area contributed by atoms with Crippen LogP contribution in [0, 0.1) is 5.92 Å². The van der Waals surface area contributed by atoms with Gasteiger partial charge in [-0.3, -0.25) is 4.98 Å². The Morgan fingerprint density at radius 1 is 1.53 bits per heavy atom. The molecule has 1 N–H and O–H groups in total. The molecule has 1 aliphatic carbocycles. The minimum Gasteiger partial charge on any atom is -0.354 e. The van der Waals surface area contributed by atoms with Crippen LogP contribution in [0.2, 0.25) is 0 Å². The van der Waals surface area contributed by atoms with E-state index in [1.807, 2.05) is 24.4 Å². The van der Waals surface area contributed by atoms with E-state index in [2.05, 4.69) is 9.97 Å². The van der Waals surface area contributed by atoms with Crippen molar-refractivity contribution in [2.24, 2.45) is 5.92 Å². The summed E-state index contributed by atoms with van der Waals surface area (Å²) in [6.45, 7) is 0. The van der Waals surface area contributed by atoms with Gasteiger partial charge in [-0.1, -0.05) is 6.08 Å². The number of pyridine rings is 1. The lowest BCUT2D eigenvalue weighted by atomic mass is 9.93. The lowest BCUT2D eigenvalue weighted by Crippen LogP contribution is -2.06. The molecule has 2 aromatic rings. The van der Waals surface area contributed by atoms with Crippen LogP contribution in [-0.2, 0) is 11.2 Å². The van der Waals surface area contributed by atoms with E-state index in [1.165, 1.54) is 10.9 Å². The van der Waals surface area contributed by atoms with Gasteiger partial charge in [0.25, 0.3) is 0 Å². The van der Waals surface area contributed by atoms with Crippen LogP contribution in [0.15, 0.2) is 24.5 Å². The lowest BCUT2D eigenvalue weighted by molar-refractivity contribution is -0.109. The average Bonchev–Trinajstić information content (AvgIpc) is 2.66. The summed E-state index contributed by atoms with van der Waals surface area (Å²) < 4.78 is 0. The van der Waals surface area contributed by atoms with Crippen molar-refractivity contribution >= 4 is 23.3 Å². The highest BCUT2D eigenvalue weighted by Crippen LogP contribution is 2.28. The molecular formula is C12H10N2O. The number of carbonyl (C=O) groups excluding carboxylic acids is 1. The molecule has 0 amide bonds. The molecule has 0 radical (unpaired) electrons. The van der Waals surface area contributed by atoms with Gasteiger partial charge in [0.15, 0.2) is 0 Å². The summed E-state index contributed by atoms with van der Waals surface area (Å²) in [5.41, 5.74) is 3.38. The monoisotopic (exact) mass is 198 g/mol. The van der Waals surface area contributed by atoms with E-state index in [1.54, 1.807) is 6.20 Å². The van der Waals surface area contributed by atoms with E-state index in [0.717, 1.165) is 23.9 Å². The van der Waals surface area contributed by atoms with Crippen molar-refractivity contribution in [2.45, 2.75) is 6.42 Å². The van der Waals surface area contributed by atoms with Crippen molar-refractivity contribution in [1.29, 1.82) is 0 Å². The van der Waals surface area contributed by atoms with E-state index in [0.29, 0.717) is 0 Å². The largest absolute Gasteiger partial charge is 0.354 e. The summed E-state index contributed by atoms with van der Waals surface area (Å²) >= 11 is 0. The molecule has 0 saturated carbocycles. The van der Waals surface area contributed by atoms with Crippen molar-refractivity contribution in [3.63, 3.8) is 0 Å². The van der Waals surface area contributed by atoms with Gasteiger partial charge in [0.1, 0.15) is 6.29 Å². The number of aromatic amines is 1. The number of carbonyl (C=O) groups is 1. The number of aldehydes is 1. The van der Waals surface area contributed by atoms with Crippen LogP contribution in [0.3, 0.4) is 0 Å². The second kappa shape index (κ2) is 3.05. The maximum Gasteiger partial charge on any atom is 0.127 e. The van der Waals surface area contributed by atoms with Crippen molar-refractivity contribution in [3.8, 4) is 0 Å². The van der Waals surface area contributed by atoms with Gasteiger partial charge in [-0.05, 0) is 24.1 Å². The van der Waals surface area contributed by atoms with E-state index in [9.17, 15) is 4.79 Å². The second-order valence-corrected chi connectivity index (χ2v) is 3.80. The highest BCUT2D eigenvalue weighted by molar-refractivity contribution is 5.88. The van der Waals surface area contributed by atoms with Gasteiger partial charge in [-0.15, -0.1) is 0 Å². The predicted octanol–water partition coefficient (Wildman–Crippen LogP) is 1.95. The molecule has 0 bridgehead atoms. The Balaban J connectivity index is 2.24. The predicted molar refractivity (Wildman–Crippen MR) is 58.4 cm³/mol. The third-order valence-corrected chi connectivity index (χ3v) is 2.87. The number of hydrogen-bond acceptors (Lipinski definition) is 2. The molecule has 1 aliphatic rings. The molecule has 3 nitrogen and oxygen atoms in total. The fourth-order valence-corrected chi connectivity index (χ4v) is 2.10. The fraction of sp³-hybridized carbons (Fsp3) is 0.167. The van der Waals surface area contributed by atoms with Gasteiger partial charge in [-0.2, -0.15) is 0 Å². The first-order valence-electron chi connectivity index (χ1n) is 4.96. The van der Waals surface area contributed by atoms with E-state index in [-0.39, 0.29) is 5.92 Å². The molecule has 2 aromatic heterocycles. The van der Waals surface area contributed by atoms with Gasteiger partial charge in [0.2, 0.25) is 0 Å². The number of aromatic nitrogens is 2. The maximum absolute atomic E-state index is 10.8. The number of fused-ring (bicyclic) bond motifs is 3. The maximum atomic E-state index is 10.8. The van der Waals surface area contributed by atoms with Crippen LogP contribution in [0.4, 0.5) is 0 Å². The van der Waals surface area contributed by atoms with Crippen LogP contribution in [-0.4, -0.2) is 16.3 Å². The topological polar surface area (TPSA) is 45.8 Å². The van der Waals surface area contributed by atoms with Crippen molar-refractivity contribution in [3.05, 3.63) is 35.8 Å². The minimum absolute atomic E-state index is 0.0182. The van der Waals surface area contributed by atoms with Crippen LogP contribution in [0.5, 0.6) is 0 Å². The smallest absolute Gasteiger partial charge is 0.127 e. The summed E-state index contributed by atoms with van der Waals surface area (Å²) in [4.78, 5) is 18.1. The zero-order chi connectivity index (χ0) is 10.3. The number of hydrogen-bond donors (Lipinski definition) is 1. The highest BCUT2D eigenvalue weighted by atomic mass is 16.1. The van der Waals surface area contributed by atoms with Crippen molar-refractivity contribution in [1.82, 2.24) is 9.97 Å². The number of nitrogens with one attached hydrogen (secondary N) is 1. The van der Waals surface area contributed by atoms with Crippen LogP contribution < -0.4 is 0 Å². The first kappa shape index (κ1) is 8.41. The van der Waals surface area contributed by atoms with E-state index in [4.69, 9.17) is 0 Å². The fourth-order valence-electron chi connectivity index (χ4n) is 2.10. The van der Waals surface area contributed by atoms with Gasteiger partial charge in [0, 0.05) is 23.2 Å². The molecule has 0 aromatic carbocycles. The van der Waals surface area contributed by atoms with Crippen LogP contribution in [0.1, 0.15) is 11.3 Å². The number of allylic oxidation sites excluding steroid dienone is 1. The minimum atomic E-state index is 0.0182. The molecule has 0 aliphatic heterocycles. The van der Waals surface area contributed by atoms with Gasteiger partial charge >= 0.3 is 0 Å². The van der Waals surface area contributed by atoms with E-state index >= 15 is 0 Å². The molecule has 1 atom stereocenters. The van der Waals surface area contributed by atoms with Crippen molar-refractivity contribution in [2.75, 3.05) is 0 Å². The quantitative estimate of drug-likeness (QED) is 0.712. The Morgan fingerprint density at radius 2 is 2.47 bits per heavy atom. The Morgan fingerprint density at radius 3 is 3.33 bits per heavy atom. The summed E-state index contributed by atoms with van der Waals surface area (Å²) in [6, 6.07) is 1.99. The summed E-state index contributed by atoms with van der Waals surface area (Å²) in [7, 11) is 0. The third kappa shape index (κ3) is 1.20.